The highest BCUT2D eigenvalue weighted by molar-refractivity contribution is 6.13. The van der Waals surface area contributed by atoms with Crippen LogP contribution in [0.15, 0.2) is 60.3 Å². The molecule has 0 aliphatic carbocycles. The Balaban J connectivity index is 1.86. The predicted molar refractivity (Wildman–Crippen MR) is 93.4 cm³/mol. The monoisotopic (exact) mass is 323 g/mol. The van der Waals surface area contributed by atoms with E-state index in [1.807, 2.05) is 44.2 Å². The predicted octanol–water partition coefficient (Wildman–Crippen LogP) is 3.72. The van der Waals surface area contributed by atoms with Crippen LogP contribution in [-0.2, 0) is 6.54 Å². The molecule has 1 heterocycles. The van der Waals surface area contributed by atoms with E-state index >= 15 is 0 Å². The van der Waals surface area contributed by atoms with Gasteiger partial charge in [0.15, 0.2) is 5.78 Å². The minimum atomic E-state index is -0.692. The zero-order chi connectivity index (χ0) is 17.2. The lowest BCUT2D eigenvalue weighted by atomic mass is 9.87. The first-order chi connectivity index (χ1) is 11.5. The summed E-state index contributed by atoms with van der Waals surface area (Å²) in [5, 5.41) is 3.22. The number of ketones is 1. The SMILES string of the molecule is COc1ccc2c(c1)C(=O)/C(=C\NCc1ccccc1)C(C)(C)O2. The molecular weight excluding hydrogens is 302 g/mol. The van der Waals surface area contributed by atoms with Gasteiger partial charge in [0.2, 0.25) is 0 Å². The van der Waals surface area contributed by atoms with Crippen LogP contribution in [0.1, 0.15) is 29.8 Å². The van der Waals surface area contributed by atoms with Gasteiger partial charge in [-0.1, -0.05) is 30.3 Å². The first-order valence-electron chi connectivity index (χ1n) is 7.91. The number of hydrogen-bond acceptors (Lipinski definition) is 4. The smallest absolute Gasteiger partial charge is 0.198 e. The molecule has 2 aromatic carbocycles. The van der Waals surface area contributed by atoms with Crippen molar-refractivity contribution in [1.29, 1.82) is 0 Å². The number of ether oxygens (including phenoxy) is 2. The second-order valence-electron chi connectivity index (χ2n) is 6.23. The molecule has 0 saturated heterocycles. The number of methoxy groups -OCH3 is 1. The average Bonchev–Trinajstić information content (AvgIpc) is 2.58. The summed E-state index contributed by atoms with van der Waals surface area (Å²) in [7, 11) is 1.58. The lowest BCUT2D eigenvalue weighted by Gasteiger charge is -2.34. The molecule has 1 N–H and O–H groups in total. The average molecular weight is 323 g/mol. The topological polar surface area (TPSA) is 47.6 Å². The number of carbonyl (C=O) groups excluding carboxylic acids is 1. The largest absolute Gasteiger partial charge is 0.497 e. The highest BCUT2D eigenvalue weighted by Gasteiger charge is 2.38. The van der Waals surface area contributed by atoms with Gasteiger partial charge in [-0.05, 0) is 37.6 Å². The van der Waals surface area contributed by atoms with E-state index in [2.05, 4.69) is 5.32 Å². The van der Waals surface area contributed by atoms with E-state index in [4.69, 9.17) is 9.47 Å². The minimum absolute atomic E-state index is 0.0410. The van der Waals surface area contributed by atoms with Gasteiger partial charge in [0.1, 0.15) is 17.1 Å². The number of fused-ring (bicyclic) bond motifs is 1. The van der Waals surface area contributed by atoms with Gasteiger partial charge in [0, 0.05) is 12.7 Å². The molecule has 0 unspecified atom stereocenters. The van der Waals surface area contributed by atoms with Gasteiger partial charge in [-0.25, -0.2) is 0 Å². The maximum absolute atomic E-state index is 12.9. The third-order valence-corrected chi connectivity index (χ3v) is 4.09. The van der Waals surface area contributed by atoms with Crippen molar-refractivity contribution in [2.75, 3.05) is 7.11 Å². The molecular formula is C20H21NO3. The summed E-state index contributed by atoms with van der Waals surface area (Å²) in [6.07, 6.45) is 1.76. The van der Waals surface area contributed by atoms with Crippen LogP contribution in [0, 0.1) is 0 Å². The highest BCUT2D eigenvalue weighted by atomic mass is 16.5. The van der Waals surface area contributed by atoms with E-state index in [1.54, 1.807) is 31.5 Å². The van der Waals surface area contributed by atoms with Crippen molar-refractivity contribution in [3.8, 4) is 11.5 Å². The first-order valence-corrected chi connectivity index (χ1v) is 7.91. The van der Waals surface area contributed by atoms with E-state index in [0.29, 0.717) is 29.2 Å². The van der Waals surface area contributed by atoms with Crippen LogP contribution < -0.4 is 14.8 Å². The lowest BCUT2D eigenvalue weighted by molar-refractivity contribution is 0.0853. The molecule has 24 heavy (non-hydrogen) atoms. The third-order valence-electron chi connectivity index (χ3n) is 4.09. The Bertz CT molecular complexity index is 779. The van der Waals surface area contributed by atoms with Crippen molar-refractivity contribution in [3.05, 3.63) is 71.4 Å². The summed E-state index contributed by atoms with van der Waals surface area (Å²) in [5.41, 5.74) is 1.58. The van der Waals surface area contributed by atoms with Gasteiger partial charge in [-0.2, -0.15) is 0 Å². The zero-order valence-electron chi connectivity index (χ0n) is 14.1. The van der Waals surface area contributed by atoms with E-state index in [9.17, 15) is 4.79 Å². The summed E-state index contributed by atoms with van der Waals surface area (Å²) >= 11 is 0. The summed E-state index contributed by atoms with van der Waals surface area (Å²) in [4.78, 5) is 12.9. The van der Waals surface area contributed by atoms with E-state index in [-0.39, 0.29) is 5.78 Å². The van der Waals surface area contributed by atoms with Gasteiger partial charge in [-0.15, -0.1) is 0 Å². The van der Waals surface area contributed by atoms with Crippen molar-refractivity contribution in [3.63, 3.8) is 0 Å². The highest BCUT2D eigenvalue weighted by Crippen LogP contribution is 2.37. The number of rotatable bonds is 4. The second-order valence-corrected chi connectivity index (χ2v) is 6.23. The van der Waals surface area contributed by atoms with Crippen LogP contribution in [0.4, 0.5) is 0 Å². The zero-order valence-corrected chi connectivity index (χ0v) is 14.1. The Morgan fingerprint density at radius 2 is 1.92 bits per heavy atom. The van der Waals surface area contributed by atoms with Crippen LogP contribution >= 0.6 is 0 Å². The fraction of sp³-hybridized carbons (Fsp3) is 0.250. The molecule has 0 fully saturated rings. The number of Topliss-reactive ketones (excluding diaryl/α,β-unsaturated/α-hetero) is 1. The van der Waals surface area contributed by atoms with Crippen LogP contribution in [0.2, 0.25) is 0 Å². The number of hydrogen-bond donors (Lipinski definition) is 1. The Hall–Kier alpha value is -2.75. The van der Waals surface area contributed by atoms with Crippen molar-refractivity contribution >= 4 is 5.78 Å². The molecule has 124 valence electrons. The standard InChI is InChI=1S/C20H21NO3/c1-20(2)17(13-21-12-14-7-5-4-6-8-14)19(22)16-11-15(23-3)9-10-18(16)24-20/h4-11,13,21H,12H2,1-3H3/b17-13+. The number of nitrogens with one attached hydrogen (secondary N) is 1. The van der Waals surface area contributed by atoms with Crippen molar-refractivity contribution in [1.82, 2.24) is 5.32 Å². The van der Waals surface area contributed by atoms with E-state index < -0.39 is 5.60 Å². The molecule has 0 atom stereocenters. The van der Waals surface area contributed by atoms with Crippen molar-refractivity contribution in [2.24, 2.45) is 0 Å². The van der Waals surface area contributed by atoms with Gasteiger partial charge < -0.3 is 14.8 Å². The fourth-order valence-electron chi connectivity index (χ4n) is 2.76. The van der Waals surface area contributed by atoms with Crippen LogP contribution in [0.25, 0.3) is 0 Å². The lowest BCUT2D eigenvalue weighted by Crippen LogP contribution is -2.39. The molecule has 1 aliphatic rings. The molecule has 2 aromatic rings. The summed E-state index contributed by atoms with van der Waals surface area (Å²) in [6.45, 7) is 4.45. The molecule has 0 radical (unpaired) electrons. The molecule has 3 rings (SSSR count). The van der Waals surface area contributed by atoms with Crippen LogP contribution in [-0.4, -0.2) is 18.5 Å². The first kappa shape index (κ1) is 16.1. The van der Waals surface area contributed by atoms with E-state index in [0.717, 1.165) is 5.56 Å². The second kappa shape index (κ2) is 6.40. The molecule has 4 nitrogen and oxygen atoms in total. The summed E-state index contributed by atoms with van der Waals surface area (Å²) in [6, 6.07) is 15.3. The van der Waals surface area contributed by atoms with Crippen LogP contribution in [0.5, 0.6) is 11.5 Å². The number of carbonyl (C=O) groups is 1. The van der Waals surface area contributed by atoms with Gasteiger partial charge in [-0.3, -0.25) is 4.79 Å². The molecule has 0 bridgehead atoms. The Kier molecular flexibility index (Phi) is 4.30. The quantitative estimate of drug-likeness (QED) is 0.871. The number of benzene rings is 2. The normalized spacial score (nSPS) is 17.1. The van der Waals surface area contributed by atoms with Gasteiger partial charge in [0.05, 0.1) is 18.2 Å². The summed E-state index contributed by atoms with van der Waals surface area (Å²) < 4.78 is 11.2. The van der Waals surface area contributed by atoms with Gasteiger partial charge in [0.25, 0.3) is 0 Å². The maximum Gasteiger partial charge on any atom is 0.198 e. The third kappa shape index (κ3) is 3.13. The molecule has 4 heteroatoms. The molecule has 0 saturated carbocycles. The molecule has 1 aliphatic heterocycles. The fourth-order valence-corrected chi connectivity index (χ4v) is 2.76. The van der Waals surface area contributed by atoms with E-state index in [1.165, 1.54) is 0 Å². The Labute approximate surface area is 142 Å². The Morgan fingerprint density at radius 3 is 2.62 bits per heavy atom. The Morgan fingerprint density at radius 1 is 1.17 bits per heavy atom. The minimum Gasteiger partial charge on any atom is -0.497 e. The maximum atomic E-state index is 12.9. The summed E-state index contributed by atoms with van der Waals surface area (Å²) in [5.74, 6) is 1.19. The van der Waals surface area contributed by atoms with Crippen molar-refractivity contribution in [2.45, 2.75) is 26.0 Å². The van der Waals surface area contributed by atoms with Gasteiger partial charge >= 0.3 is 0 Å². The molecule has 0 amide bonds. The van der Waals surface area contributed by atoms with Crippen LogP contribution in [0.3, 0.4) is 0 Å². The van der Waals surface area contributed by atoms with Crippen molar-refractivity contribution < 1.29 is 14.3 Å². The molecule has 0 spiro atoms. The molecule has 0 aromatic heterocycles.